The van der Waals surface area contributed by atoms with Gasteiger partial charge in [0.1, 0.15) is 0 Å². The number of sulfonamides is 1. The highest BCUT2D eigenvalue weighted by molar-refractivity contribution is 9.10. The number of nitrogens with zero attached hydrogens (tertiary/aromatic N) is 2. The standard InChI is InChI=1S/C20H26BrN3O3S/c1-2-11-28(26,27)24-9-4-5-14(12-24)20(25)23-10-8-18-16(13-23)15-6-3-7-17(21)19(15)22-18/h3,6-7,14,22H,2,4-5,8-13H2,1H3. The van der Waals surface area contributed by atoms with Crippen molar-refractivity contribution in [3.05, 3.63) is 33.9 Å². The second kappa shape index (κ2) is 7.80. The molecule has 28 heavy (non-hydrogen) atoms. The lowest BCUT2D eigenvalue weighted by molar-refractivity contribution is -0.137. The van der Waals surface area contributed by atoms with Crippen LogP contribution in [0.25, 0.3) is 10.9 Å². The first-order valence-corrected chi connectivity index (χ1v) is 12.4. The molecule has 0 radical (unpaired) electrons. The van der Waals surface area contributed by atoms with E-state index >= 15 is 0 Å². The molecule has 1 saturated heterocycles. The van der Waals surface area contributed by atoms with Crippen LogP contribution in [0.4, 0.5) is 0 Å². The van der Waals surface area contributed by atoms with Crippen molar-refractivity contribution in [3.63, 3.8) is 0 Å². The molecule has 8 heteroatoms. The van der Waals surface area contributed by atoms with E-state index in [1.807, 2.05) is 24.0 Å². The molecule has 2 aliphatic rings. The second-order valence-electron chi connectivity index (χ2n) is 7.77. The van der Waals surface area contributed by atoms with Gasteiger partial charge >= 0.3 is 0 Å². The van der Waals surface area contributed by atoms with Gasteiger partial charge in [-0.2, -0.15) is 0 Å². The zero-order valence-electron chi connectivity index (χ0n) is 16.1. The number of aromatic amines is 1. The molecule has 0 bridgehead atoms. The monoisotopic (exact) mass is 467 g/mol. The maximum absolute atomic E-state index is 13.2. The Morgan fingerprint density at radius 3 is 2.93 bits per heavy atom. The zero-order valence-corrected chi connectivity index (χ0v) is 18.5. The number of benzene rings is 1. The van der Waals surface area contributed by atoms with Gasteiger partial charge in [0, 0.05) is 53.7 Å². The number of nitrogens with one attached hydrogen (secondary N) is 1. The fourth-order valence-corrected chi connectivity index (χ4v) is 6.49. The third kappa shape index (κ3) is 3.62. The maximum Gasteiger partial charge on any atom is 0.227 e. The summed E-state index contributed by atoms with van der Waals surface area (Å²) in [6.45, 7) is 3.99. The average Bonchev–Trinajstić information content (AvgIpc) is 3.07. The van der Waals surface area contributed by atoms with Crippen molar-refractivity contribution in [2.24, 2.45) is 5.92 Å². The van der Waals surface area contributed by atoms with Gasteiger partial charge in [-0.15, -0.1) is 0 Å². The van der Waals surface area contributed by atoms with Crippen LogP contribution in [0.15, 0.2) is 22.7 Å². The van der Waals surface area contributed by atoms with E-state index in [1.54, 1.807) is 0 Å². The van der Waals surface area contributed by atoms with Crippen LogP contribution >= 0.6 is 15.9 Å². The Labute approximate surface area is 174 Å². The van der Waals surface area contributed by atoms with E-state index in [1.165, 1.54) is 15.6 Å². The smallest absolute Gasteiger partial charge is 0.227 e. The summed E-state index contributed by atoms with van der Waals surface area (Å²) in [4.78, 5) is 18.6. The molecular formula is C20H26BrN3O3S. The Bertz CT molecular complexity index is 1000. The number of carbonyl (C=O) groups is 1. The van der Waals surface area contributed by atoms with Gasteiger partial charge in [0.05, 0.1) is 17.2 Å². The number of halogens is 1. The first-order valence-electron chi connectivity index (χ1n) is 9.95. The van der Waals surface area contributed by atoms with E-state index in [-0.39, 0.29) is 17.6 Å². The van der Waals surface area contributed by atoms with Crippen LogP contribution in [-0.4, -0.2) is 53.9 Å². The van der Waals surface area contributed by atoms with Crippen molar-refractivity contribution >= 4 is 42.8 Å². The Morgan fingerprint density at radius 1 is 1.32 bits per heavy atom. The number of carbonyl (C=O) groups excluding carboxylic acids is 1. The Morgan fingerprint density at radius 2 is 2.14 bits per heavy atom. The van der Waals surface area contributed by atoms with Crippen molar-refractivity contribution in [1.82, 2.24) is 14.2 Å². The van der Waals surface area contributed by atoms with Crippen LogP contribution in [0.2, 0.25) is 0 Å². The molecule has 2 aromatic rings. The predicted molar refractivity (Wildman–Crippen MR) is 113 cm³/mol. The molecule has 0 saturated carbocycles. The zero-order chi connectivity index (χ0) is 19.9. The number of hydrogen-bond donors (Lipinski definition) is 1. The first-order chi connectivity index (χ1) is 13.4. The highest BCUT2D eigenvalue weighted by atomic mass is 79.9. The number of para-hydroxylation sites is 1. The van der Waals surface area contributed by atoms with Crippen molar-refractivity contribution in [3.8, 4) is 0 Å². The first kappa shape index (κ1) is 19.9. The molecule has 6 nitrogen and oxygen atoms in total. The number of fused-ring (bicyclic) bond motifs is 3. The molecule has 1 amide bonds. The molecule has 0 spiro atoms. The average molecular weight is 468 g/mol. The van der Waals surface area contributed by atoms with Gasteiger partial charge in [0.15, 0.2) is 0 Å². The second-order valence-corrected chi connectivity index (χ2v) is 10.7. The molecule has 1 N–H and O–H groups in total. The van der Waals surface area contributed by atoms with Gasteiger partial charge in [0.25, 0.3) is 0 Å². The molecule has 1 unspecified atom stereocenters. The van der Waals surface area contributed by atoms with Crippen LogP contribution in [-0.2, 0) is 27.8 Å². The summed E-state index contributed by atoms with van der Waals surface area (Å²) in [6.07, 6.45) is 2.91. The summed E-state index contributed by atoms with van der Waals surface area (Å²) in [5.41, 5.74) is 3.46. The Hall–Kier alpha value is -1.38. The molecule has 2 aliphatic heterocycles. The van der Waals surface area contributed by atoms with Gasteiger partial charge in [-0.05, 0) is 41.3 Å². The summed E-state index contributed by atoms with van der Waals surface area (Å²) in [6, 6.07) is 6.11. The third-order valence-electron chi connectivity index (χ3n) is 5.86. The SMILES string of the molecule is CCCS(=O)(=O)N1CCCC(C(=O)N2CCc3[nH]c4c(Br)cccc4c3C2)C1. The summed E-state index contributed by atoms with van der Waals surface area (Å²) in [7, 11) is -3.25. The maximum atomic E-state index is 13.2. The van der Waals surface area contributed by atoms with Crippen LogP contribution in [0.5, 0.6) is 0 Å². The molecule has 1 aromatic heterocycles. The van der Waals surface area contributed by atoms with E-state index in [9.17, 15) is 13.2 Å². The fraction of sp³-hybridized carbons (Fsp3) is 0.550. The predicted octanol–water partition coefficient (Wildman–Crippen LogP) is 3.27. The summed E-state index contributed by atoms with van der Waals surface area (Å²) in [5.74, 6) is 0.0100. The largest absolute Gasteiger partial charge is 0.357 e. The molecule has 1 aromatic carbocycles. The molecule has 3 heterocycles. The molecule has 1 atom stereocenters. The summed E-state index contributed by atoms with van der Waals surface area (Å²) < 4.78 is 27.4. The normalized spacial score (nSPS) is 21.1. The van der Waals surface area contributed by atoms with E-state index in [4.69, 9.17) is 0 Å². The molecule has 152 valence electrons. The van der Waals surface area contributed by atoms with Gasteiger partial charge in [-0.25, -0.2) is 12.7 Å². The number of aromatic nitrogens is 1. The van der Waals surface area contributed by atoms with Gasteiger partial charge in [-0.1, -0.05) is 19.1 Å². The Kier molecular flexibility index (Phi) is 5.55. The number of hydrogen-bond acceptors (Lipinski definition) is 3. The van der Waals surface area contributed by atoms with Crippen molar-refractivity contribution in [2.75, 3.05) is 25.4 Å². The fourth-order valence-electron chi connectivity index (χ4n) is 4.43. The minimum atomic E-state index is -3.25. The van der Waals surface area contributed by atoms with Crippen LogP contribution < -0.4 is 0 Å². The minimum absolute atomic E-state index is 0.0893. The van der Waals surface area contributed by atoms with E-state index in [0.717, 1.165) is 34.6 Å². The van der Waals surface area contributed by atoms with Crippen molar-refractivity contribution < 1.29 is 13.2 Å². The van der Waals surface area contributed by atoms with Crippen LogP contribution in [0.1, 0.15) is 37.4 Å². The highest BCUT2D eigenvalue weighted by Crippen LogP contribution is 2.33. The summed E-state index contributed by atoms with van der Waals surface area (Å²) >= 11 is 3.59. The molecule has 1 fully saturated rings. The van der Waals surface area contributed by atoms with Gasteiger partial charge in [0.2, 0.25) is 15.9 Å². The lowest BCUT2D eigenvalue weighted by Crippen LogP contribution is -2.48. The minimum Gasteiger partial charge on any atom is -0.357 e. The number of amides is 1. The van der Waals surface area contributed by atoms with Crippen molar-refractivity contribution in [1.29, 1.82) is 0 Å². The quantitative estimate of drug-likeness (QED) is 0.749. The van der Waals surface area contributed by atoms with Crippen LogP contribution in [0.3, 0.4) is 0 Å². The number of piperidine rings is 1. The molecular weight excluding hydrogens is 442 g/mol. The van der Waals surface area contributed by atoms with Gasteiger partial charge in [-0.3, -0.25) is 4.79 Å². The highest BCUT2D eigenvalue weighted by Gasteiger charge is 2.35. The van der Waals surface area contributed by atoms with Gasteiger partial charge < -0.3 is 9.88 Å². The lowest BCUT2D eigenvalue weighted by Gasteiger charge is -2.35. The molecule has 4 rings (SSSR count). The Balaban J connectivity index is 1.52. The topological polar surface area (TPSA) is 73.5 Å². The van der Waals surface area contributed by atoms with Crippen molar-refractivity contribution in [2.45, 2.75) is 39.2 Å². The number of rotatable bonds is 4. The van der Waals surface area contributed by atoms with Crippen LogP contribution in [0, 0.1) is 5.92 Å². The molecule has 0 aliphatic carbocycles. The lowest BCUT2D eigenvalue weighted by atomic mass is 9.96. The van der Waals surface area contributed by atoms with E-state index in [2.05, 4.69) is 27.0 Å². The third-order valence-corrected chi connectivity index (χ3v) is 8.56. The number of H-pyrrole nitrogens is 1. The van der Waals surface area contributed by atoms with E-state index < -0.39 is 10.0 Å². The summed E-state index contributed by atoms with van der Waals surface area (Å²) in [5, 5.41) is 1.15. The van der Waals surface area contributed by atoms with E-state index in [0.29, 0.717) is 32.6 Å².